The van der Waals surface area contributed by atoms with Gasteiger partial charge in [0.05, 0.1) is 12.5 Å². The van der Waals surface area contributed by atoms with Crippen molar-refractivity contribution in [2.45, 2.75) is 25.4 Å². The lowest BCUT2D eigenvalue weighted by atomic mass is 9.77. The molecule has 7 rings (SSSR count). The van der Waals surface area contributed by atoms with Crippen molar-refractivity contribution in [1.29, 1.82) is 0 Å². The van der Waals surface area contributed by atoms with Crippen LogP contribution in [0.4, 0.5) is 0 Å². The van der Waals surface area contributed by atoms with E-state index in [1.165, 1.54) is 0 Å². The van der Waals surface area contributed by atoms with E-state index in [2.05, 4.69) is 87.4 Å². The molecule has 0 N–H and O–H groups in total. The van der Waals surface area contributed by atoms with Gasteiger partial charge in [-0.3, -0.25) is 14.0 Å². The second kappa shape index (κ2) is 10.4. The topological polar surface area (TPSA) is 87.8 Å². The molecule has 212 valence electrons. The Hall–Kier alpha value is -5.57. The van der Waals surface area contributed by atoms with Gasteiger partial charge in [-0.05, 0) is 36.6 Å². The largest absolute Gasteiger partial charge is 0.318 e. The molecule has 43 heavy (non-hydrogen) atoms. The molecular formula is C34H30N8O. The van der Waals surface area contributed by atoms with E-state index in [0.717, 1.165) is 16.7 Å². The van der Waals surface area contributed by atoms with Gasteiger partial charge in [0.1, 0.15) is 22.6 Å². The van der Waals surface area contributed by atoms with E-state index in [1.807, 2.05) is 63.9 Å². The van der Waals surface area contributed by atoms with Gasteiger partial charge in [0.2, 0.25) is 5.65 Å². The van der Waals surface area contributed by atoms with Crippen LogP contribution in [-0.4, -0.2) is 38.5 Å². The standard InChI is InChI=1S/C34H30N8O/c1-24(2)41-31(28-19-20-39(3)37-28)38-42-30(21-35-32(42)33(41)43)29-22-40(23-36-29)34(25-13-7-4-8-14-25,26-15-9-5-10-16-26)27-17-11-6-12-18-27/h4-24H,1-3H3. The molecule has 4 heterocycles. The molecule has 0 saturated carbocycles. The van der Waals surface area contributed by atoms with Crippen molar-refractivity contribution in [1.82, 2.24) is 38.5 Å². The Bertz CT molecular complexity index is 1990. The zero-order chi connectivity index (χ0) is 29.6. The molecule has 0 aliphatic rings. The third kappa shape index (κ3) is 4.20. The molecule has 9 nitrogen and oxygen atoms in total. The van der Waals surface area contributed by atoms with Gasteiger partial charge in [0.25, 0.3) is 5.56 Å². The van der Waals surface area contributed by atoms with E-state index in [1.54, 1.807) is 20.0 Å². The van der Waals surface area contributed by atoms with Crippen molar-refractivity contribution < 1.29 is 0 Å². The highest BCUT2D eigenvalue weighted by Gasteiger charge is 2.38. The highest BCUT2D eigenvalue weighted by molar-refractivity contribution is 5.61. The molecule has 0 amide bonds. The summed E-state index contributed by atoms with van der Waals surface area (Å²) in [5, 5.41) is 9.45. The predicted molar refractivity (Wildman–Crippen MR) is 166 cm³/mol. The molecule has 0 aliphatic carbocycles. The van der Waals surface area contributed by atoms with Crippen LogP contribution >= 0.6 is 0 Å². The van der Waals surface area contributed by atoms with Gasteiger partial charge in [-0.25, -0.2) is 14.5 Å². The molecule has 7 aromatic rings. The average Bonchev–Trinajstić information content (AvgIpc) is 3.79. The zero-order valence-corrected chi connectivity index (χ0v) is 24.1. The molecule has 4 aromatic heterocycles. The summed E-state index contributed by atoms with van der Waals surface area (Å²) < 4.78 is 7.06. The molecule has 0 bridgehead atoms. The van der Waals surface area contributed by atoms with E-state index in [9.17, 15) is 4.79 Å². The van der Waals surface area contributed by atoms with Gasteiger partial charge >= 0.3 is 0 Å². The normalized spacial score (nSPS) is 11.9. The Morgan fingerprint density at radius 2 is 1.30 bits per heavy atom. The molecule has 0 aliphatic heterocycles. The Morgan fingerprint density at radius 1 is 0.721 bits per heavy atom. The number of nitrogens with zero attached hydrogens (tertiary/aromatic N) is 8. The number of rotatable bonds is 7. The lowest BCUT2D eigenvalue weighted by Crippen LogP contribution is -2.36. The van der Waals surface area contributed by atoms with Crippen LogP contribution in [0.5, 0.6) is 0 Å². The molecule has 0 fully saturated rings. The van der Waals surface area contributed by atoms with Crippen LogP contribution in [0.25, 0.3) is 28.6 Å². The number of aromatic nitrogens is 8. The van der Waals surface area contributed by atoms with Gasteiger partial charge in [-0.1, -0.05) is 91.0 Å². The number of benzene rings is 3. The molecule has 0 spiro atoms. The Labute approximate surface area is 248 Å². The van der Waals surface area contributed by atoms with E-state index >= 15 is 0 Å². The van der Waals surface area contributed by atoms with Crippen LogP contribution in [0, 0.1) is 0 Å². The van der Waals surface area contributed by atoms with Crippen LogP contribution in [0.2, 0.25) is 0 Å². The molecule has 9 heteroatoms. The second-order valence-electron chi connectivity index (χ2n) is 10.8. The van der Waals surface area contributed by atoms with Gasteiger partial charge in [0.15, 0.2) is 5.82 Å². The first kappa shape index (κ1) is 26.3. The van der Waals surface area contributed by atoms with E-state index < -0.39 is 5.54 Å². The van der Waals surface area contributed by atoms with Gasteiger partial charge < -0.3 is 4.57 Å². The Balaban J connectivity index is 1.47. The van der Waals surface area contributed by atoms with Crippen molar-refractivity contribution in [2.75, 3.05) is 0 Å². The summed E-state index contributed by atoms with van der Waals surface area (Å²) in [4.78, 5) is 23.1. The predicted octanol–water partition coefficient (Wildman–Crippen LogP) is 5.58. The maximum Gasteiger partial charge on any atom is 0.297 e. The van der Waals surface area contributed by atoms with Gasteiger partial charge in [0, 0.05) is 25.5 Å². The number of imidazole rings is 2. The van der Waals surface area contributed by atoms with Crippen LogP contribution in [0.3, 0.4) is 0 Å². The minimum atomic E-state index is -0.716. The smallest absolute Gasteiger partial charge is 0.297 e. The fourth-order valence-electron chi connectivity index (χ4n) is 5.93. The van der Waals surface area contributed by atoms with E-state index in [4.69, 9.17) is 10.1 Å². The molecule has 3 aromatic carbocycles. The van der Waals surface area contributed by atoms with E-state index in [-0.39, 0.29) is 17.2 Å². The number of hydrogen-bond donors (Lipinski definition) is 0. The SMILES string of the molecule is CC(C)n1c(-c2ccn(C)n2)nn2c(-c3cn(C(c4ccccc4)(c4ccccc4)c4ccccc4)cn3)cnc2c1=O. The van der Waals surface area contributed by atoms with Crippen molar-refractivity contribution in [3.63, 3.8) is 0 Å². The summed E-state index contributed by atoms with van der Waals surface area (Å²) in [5.41, 5.74) is 4.41. The minimum absolute atomic E-state index is 0.135. The van der Waals surface area contributed by atoms with Crippen molar-refractivity contribution in [3.8, 4) is 22.9 Å². The zero-order valence-electron chi connectivity index (χ0n) is 24.1. The first-order valence-electron chi connectivity index (χ1n) is 14.2. The van der Waals surface area contributed by atoms with Gasteiger partial charge in [-0.15, -0.1) is 5.10 Å². The molecule has 0 saturated heterocycles. The van der Waals surface area contributed by atoms with Crippen molar-refractivity contribution >= 4 is 5.65 Å². The maximum absolute atomic E-state index is 13.7. The summed E-state index contributed by atoms with van der Waals surface area (Å²) in [6.45, 7) is 3.90. The van der Waals surface area contributed by atoms with Crippen molar-refractivity contribution in [2.24, 2.45) is 7.05 Å². The lowest BCUT2D eigenvalue weighted by Gasteiger charge is -2.37. The average molecular weight is 567 g/mol. The molecule has 0 atom stereocenters. The van der Waals surface area contributed by atoms with Gasteiger partial charge in [-0.2, -0.15) is 5.10 Å². The van der Waals surface area contributed by atoms with Crippen molar-refractivity contribution in [3.05, 3.63) is 149 Å². The summed E-state index contributed by atoms with van der Waals surface area (Å²) in [5.74, 6) is 0.471. The Morgan fingerprint density at radius 3 is 1.81 bits per heavy atom. The Kier molecular flexibility index (Phi) is 6.35. The summed E-state index contributed by atoms with van der Waals surface area (Å²) in [6.07, 6.45) is 7.35. The summed E-state index contributed by atoms with van der Waals surface area (Å²) in [6, 6.07) is 33.0. The first-order valence-corrected chi connectivity index (χ1v) is 14.2. The summed E-state index contributed by atoms with van der Waals surface area (Å²) in [7, 11) is 1.84. The van der Waals surface area contributed by atoms with Crippen LogP contribution in [0.1, 0.15) is 36.6 Å². The summed E-state index contributed by atoms with van der Waals surface area (Å²) >= 11 is 0. The lowest BCUT2D eigenvalue weighted by molar-refractivity contribution is 0.515. The maximum atomic E-state index is 13.7. The van der Waals surface area contributed by atoms with Crippen LogP contribution < -0.4 is 5.56 Å². The number of hydrogen-bond acceptors (Lipinski definition) is 5. The minimum Gasteiger partial charge on any atom is -0.318 e. The molecule has 0 unspecified atom stereocenters. The molecular weight excluding hydrogens is 536 g/mol. The third-order valence-corrected chi connectivity index (χ3v) is 7.84. The fraction of sp³-hybridized carbons (Fsp3) is 0.147. The number of fused-ring (bicyclic) bond motifs is 1. The monoisotopic (exact) mass is 566 g/mol. The highest BCUT2D eigenvalue weighted by atomic mass is 16.1. The quantitative estimate of drug-likeness (QED) is 0.235. The molecule has 0 radical (unpaired) electrons. The highest BCUT2D eigenvalue weighted by Crippen LogP contribution is 2.41. The fourth-order valence-corrected chi connectivity index (χ4v) is 5.93. The van der Waals surface area contributed by atoms with E-state index in [0.29, 0.717) is 22.9 Å². The third-order valence-electron chi connectivity index (χ3n) is 7.84. The first-order chi connectivity index (χ1) is 21.0. The second-order valence-corrected chi connectivity index (χ2v) is 10.8. The van der Waals surface area contributed by atoms with Crippen LogP contribution in [-0.2, 0) is 12.6 Å². The van der Waals surface area contributed by atoms with Crippen LogP contribution in [0.15, 0.2) is 127 Å². The number of aryl methyl sites for hydroxylation is 1.